The monoisotopic (exact) mass is 357 g/mol. The van der Waals surface area contributed by atoms with Gasteiger partial charge in [-0.25, -0.2) is 9.97 Å². The summed E-state index contributed by atoms with van der Waals surface area (Å²) in [6, 6.07) is 3.35. The van der Waals surface area contributed by atoms with Gasteiger partial charge in [-0.15, -0.1) is 11.3 Å². The highest BCUT2D eigenvalue weighted by Gasteiger charge is 2.42. The first-order valence-corrected chi connectivity index (χ1v) is 9.24. The lowest BCUT2D eigenvalue weighted by molar-refractivity contribution is -0.140. The minimum absolute atomic E-state index is 0.0404. The lowest BCUT2D eigenvalue weighted by Gasteiger charge is -2.35. The van der Waals surface area contributed by atoms with Gasteiger partial charge in [0.15, 0.2) is 0 Å². The molecule has 5 rings (SSSR count). The number of carbonyl (C=O) groups excluding carboxylic acids is 2. The van der Waals surface area contributed by atoms with Gasteiger partial charge in [-0.3, -0.25) is 9.59 Å². The number of aromatic nitrogens is 2. The van der Waals surface area contributed by atoms with Crippen molar-refractivity contribution in [3.8, 4) is 0 Å². The van der Waals surface area contributed by atoms with E-state index >= 15 is 0 Å². The Morgan fingerprint density at radius 2 is 2.16 bits per heavy atom. The summed E-state index contributed by atoms with van der Waals surface area (Å²) in [4.78, 5) is 37.6. The van der Waals surface area contributed by atoms with Crippen molar-refractivity contribution in [2.24, 2.45) is 5.92 Å². The molecule has 7 nitrogen and oxygen atoms in total. The maximum absolute atomic E-state index is 12.8. The molecular weight excluding hydrogens is 338 g/mol. The van der Waals surface area contributed by atoms with Gasteiger partial charge >= 0.3 is 0 Å². The first kappa shape index (κ1) is 16.0. The molecule has 0 unspecified atom stereocenters. The van der Waals surface area contributed by atoms with Crippen LogP contribution in [0.4, 0.5) is 5.82 Å². The zero-order chi connectivity index (χ0) is 17.4. The molecule has 0 aromatic carbocycles. The van der Waals surface area contributed by atoms with Gasteiger partial charge in [0.2, 0.25) is 5.91 Å². The van der Waals surface area contributed by atoms with Crippen LogP contribution in [0.2, 0.25) is 0 Å². The molecule has 8 heteroatoms. The predicted molar refractivity (Wildman–Crippen MR) is 93.7 cm³/mol. The van der Waals surface area contributed by atoms with E-state index < -0.39 is 0 Å². The average molecular weight is 357 g/mol. The Bertz CT molecular complexity index is 777. The van der Waals surface area contributed by atoms with E-state index in [1.54, 1.807) is 22.5 Å². The standard InChI is InChI=1S/C17H19N5O2S/c18-15-4-2-11(5-19-15)16(23)21-6-12-1-3-14(8-21)22(17(12)24)7-13-9-25-10-20-13/h2,4-5,9-10,12,14H,1,3,6-8H2,(H2,18,19)/t12-,14+/m1/s1. The normalized spacial score (nSPS) is 23.0. The van der Waals surface area contributed by atoms with E-state index in [4.69, 9.17) is 5.73 Å². The first-order valence-electron chi connectivity index (χ1n) is 8.30. The molecular formula is C17H19N5O2S. The number of thiazole rings is 1. The molecule has 2 aromatic rings. The van der Waals surface area contributed by atoms with E-state index in [1.165, 1.54) is 17.5 Å². The second-order valence-electron chi connectivity index (χ2n) is 6.56. The lowest BCUT2D eigenvalue weighted by Crippen LogP contribution is -2.47. The maximum Gasteiger partial charge on any atom is 0.255 e. The average Bonchev–Trinajstić information content (AvgIpc) is 2.98. The number of anilines is 1. The third-order valence-corrected chi connectivity index (χ3v) is 5.56. The highest BCUT2D eigenvalue weighted by Crippen LogP contribution is 2.31. The number of carbonyl (C=O) groups is 2. The largest absolute Gasteiger partial charge is 0.384 e. The molecule has 2 amide bonds. The van der Waals surface area contributed by atoms with Crippen molar-refractivity contribution < 1.29 is 9.59 Å². The Hall–Kier alpha value is -2.48. The maximum atomic E-state index is 12.8. The first-order chi connectivity index (χ1) is 12.1. The van der Waals surface area contributed by atoms with Crippen molar-refractivity contribution in [2.75, 3.05) is 18.8 Å². The highest BCUT2D eigenvalue weighted by atomic mass is 32.1. The molecule has 2 atom stereocenters. The Labute approximate surface area is 149 Å². The fourth-order valence-corrected chi connectivity index (χ4v) is 4.17. The Morgan fingerprint density at radius 1 is 1.28 bits per heavy atom. The number of amides is 2. The molecule has 0 aliphatic carbocycles. The van der Waals surface area contributed by atoms with Gasteiger partial charge in [0.25, 0.3) is 5.91 Å². The minimum atomic E-state index is -0.136. The molecule has 5 heterocycles. The molecule has 3 aliphatic heterocycles. The fourth-order valence-electron chi connectivity index (χ4n) is 3.62. The summed E-state index contributed by atoms with van der Waals surface area (Å²) >= 11 is 1.53. The number of hydrogen-bond acceptors (Lipinski definition) is 6. The summed E-state index contributed by atoms with van der Waals surface area (Å²) < 4.78 is 0. The van der Waals surface area contributed by atoms with Crippen LogP contribution in [0, 0.1) is 5.92 Å². The third-order valence-electron chi connectivity index (χ3n) is 4.93. The Morgan fingerprint density at radius 3 is 2.88 bits per heavy atom. The quantitative estimate of drug-likeness (QED) is 0.896. The number of piperidine rings is 1. The predicted octanol–water partition coefficient (Wildman–Crippen LogP) is 1.38. The van der Waals surface area contributed by atoms with Gasteiger partial charge in [-0.05, 0) is 25.0 Å². The zero-order valence-electron chi connectivity index (χ0n) is 13.7. The van der Waals surface area contributed by atoms with Crippen molar-refractivity contribution >= 4 is 29.0 Å². The van der Waals surface area contributed by atoms with Crippen molar-refractivity contribution in [3.05, 3.63) is 40.5 Å². The van der Waals surface area contributed by atoms with E-state index in [9.17, 15) is 9.59 Å². The van der Waals surface area contributed by atoms with Crippen LogP contribution in [0.1, 0.15) is 28.9 Å². The molecule has 0 saturated carbocycles. The number of hydrogen-bond donors (Lipinski definition) is 1. The molecule has 25 heavy (non-hydrogen) atoms. The summed E-state index contributed by atoms with van der Waals surface area (Å²) in [7, 11) is 0. The molecule has 3 fully saturated rings. The molecule has 2 N–H and O–H groups in total. The lowest BCUT2D eigenvalue weighted by atomic mass is 9.94. The van der Waals surface area contributed by atoms with Crippen molar-refractivity contribution in [3.63, 3.8) is 0 Å². The van der Waals surface area contributed by atoms with Crippen LogP contribution < -0.4 is 5.73 Å². The van der Waals surface area contributed by atoms with Crippen molar-refractivity contribution in [1.82, 2.24) is 19.8 Å². The number of nitrogens with two attached hydrogens (primary N) is 1. The molecule has 3 aliphatic rings. The summed E-state index contributed by atoms with van der Waals surface area (Å²) in [6.07, 6.45) is 3.25. The fraction of sp³-hybridized carbons (Fsp3) is 0.412. The molecule has 130 valence electrons. The Kier molecular flexibility index (Phi) is 4.12. The number of rotatable bonds is 3. The third kappa shape index (κ3) is 3.09. The second kappa shape index (κ2) is 6.44. The van der Waals surface area contributed by atoms with Crippen LogP contribution in [-0.4, -0.2) is 50.7 Å². The van der Waals surface area contributed by atoms with Gasteiger partial charge < -0.3 is 15.5 Å². The van der Waals surface area contributed by atoms with E-state index in [-0.39, 0.29) is 23.8 Å². The SMILES string of the molecule is Nc1ccc(C(=O)N2C[C@H]3CC[C@@H](C2)N(Cc2cscn2)C3=O)cn1. The Balaban J connectivity index is 1.55. The summed E-state index contributed by atoms with van der Waals surface area (Å²) in [5.74, 6) is 0.294. The second-order valence-corrected chi connectivity index (χ2v) is 7.27. The van der Waals surface area contributed by atoms with Crippen LogP contribution >= 0.6 is 11.3 Å². The molecule has 0 radical (unpaired) electrons. The molecule has 3 saturated heterocycles. The molecule has 2 aromatic heterocycles. The molecule has 2 bridgehead atoms. The smallest absolute Gasteiger partial charge is 0.255 e. The number of fused-ring (bicyclic) bond motifs is 4. The number of pyridine rings is 1. The topological polar surface area (TPSA) is 92.4 Å². The van der Waals surface area contributed by atoms with Crippen molar-refractivity contribution in [1.29, 1.82) is 0 Å². The van der Waals surface area contributed by atoms with Crippen LogP contribution in [0.25, 0.3) is 0 Å². The minimum Gasteiger partial charge on any atom is -0.384 e. The van der Waals surface area contributed by atoms with Crippen molar-refractivity contribution in [2.45, 2.75) is 25.4 Å². The van der Waals surface area contributed by atoms with E-state index in [1.807, 2.05) is 10.3 Å². The highest BCUT2D eigenvalue weighted by molar-refractivity contribution is 7.07. The summed E-state index contributed by atoms with van der Waals surface area (Å²) in [5, 5.41) is 1.97. The van der Waals surface area contributed by atoms with E-state index in [0.717, 1.165) is 18.5 Å². The zero-order valence-corrected chi connectivity index (χ0v) is 14.5. The summed E-state index contributed by atoms with van der Waals surface area (Å²) in [5.41, 5.74) is 8.79. The van der Waals surface area contributed by atoms with Gasteiger partial charge in [0.05, 0.1) is 29.2 Å². The van der Waals surface area contributed by atoms with Gasteiger partial charge in [-0.1, -0.05) is 0 Å². The number of nitrogen functional groups attached to an aromatic ring is 1. The van der Waals surface area contributed by atoms with Gasteiger partial charge in [0.1, 0.15) is 5.82 Å². The summed E-state index contributed by atoms with van der Waals surface area (Å²) in [6.45, 7) is 1.54. The van der Waals surface area contributed by atoms with E-state index in [0.29, 0.717) is 31.0 Å². The van der Waals surface area contributed by atoms with E-state index in [2.05, 4.69) is 9.97 Å². The number of nitrogens with zero attached hydrogens (tertiary/aromatic N) is 4. The van der Waals surface area contributed by atoms with Gasteiger partial charge in [0, 0.05) is 30.7 Å². The van der Waals surface area contributed by atoms with Crippen LogP contribution in [-0.2, 0) is 11.3 Å². The van der Waals surface area contributed by atoms with Crippen LogP contribution in [0.15, 0.2) is 29.2 Å². The van der Waals surface area contributed by atoms with Crippen LogP contribution in [0.3, 0.4) is 0 Å². The van der Waals surface area contributed by atoms with Crippen LogP contribution in [0.5, 0.6) is 0 Å². The molecule has 0 spiro atoms. The van der Waals surface area contributed by atoms with Gasteiger partial charge in [-0.2, -0.15) is 0 Å².